The highest BCUT2D eigenvalue weighted by Crippen LogP contribution is 2.29. The normalized spacial score (nSPS) is 13.7. The van der Waals surface area contributed by atoms with Crippen LogP contribution in [0.15, 0.2) is 42.5 Å². The van der Waals surface area contributed by atoms with Gasteiger partial charge in [0.15, 0.2) is 5.78 Å². The predicted molar refractivity (Wildman–Crippen MR) is 84.8 cm³/mol. The molecule has 0 radical (unpaired) electrons. The number of hydrogen-bond donors (Lipinski definition) is 0. The molecule has 0 aromatic heterocycles. The van der Waals surface area contributed by atoms with E-state index in [-0.39, 0.29) is 11.7 Å². The average molecular weight is 295 g/mol. The zero-order chi connectivity index (χ0) is 15.7. The van der Waals surface area contributed by atoms with Crippen LogP contribution in [0.4, 0.5) is 5.69 Å². The molecule has 0 aliphatic carbocycles. The maximum Gasteiger partial charge on any atom is 0.258 e. The first-order valence-electron chi connectivity index (χ1n) is 7.20. The molecule has 112 valence electrons. The van der Waals surface area contributed by atoms with E-state index in [2.05, 4.69) is 0 Å². The van der Waals surface area contributed by atoms with Gasteiger partial charge in [0.1, 0.15) is 5.75 Å². The lowest BCUT2D eigenvalue weighted by Crippen LogP contribution is -2.37. The molecular weight excluding hydrogens is 278 g/mol. The molecule has 1 aliphatic heterocycles. The van der Waals surface area contributed by atoms with Crippen LogP contribution in [0.5, 0.6) is 5.75 Å². The van der Waals surface area contributed by atoms with Gasteiger partial charge in [0.2, 0.25) is 0 Å². The fourth-order valence-electron chi connectivity index (χ4n) is 2.70. The van der Waals surface area contributed by atoms with E-state index < -0.39 is 0 Å². The molecule has 0 atom stereocenters. The van der Waals surface area contributed by atoms with Gasteiger partial charge in [0.05, 0.1) is 12.8 Å². The maximum absolute atomic E-state index is 12.8. The van der Waals surface area contributed by atoms with Gasteiger partial charge in [-0.3, -0.25) is 9.59 Å². The first-order valence-corrected chi connectivity index (χ1v) is 7.20. The molecule has 1 aliphatic rings. The standard InChI is InChI=1S/C18H17NO3/c1-12-6-7-16-15(10-12)17(20)8-9-19(16)18(21)13-4-3-5-14(11-13)22-2/h3-7,10-11H,8-9H2,1-2H3. The van der Waals surface area contributed by atoms with E-state index in [9.17, 15) is 9.59 Å². The van der Waals surface area contributed by atoms with Crippen molar-refractivity contribution in [2.24, 2.45) is 0 Å². The van der Waals surface area contributed by atoms with Crippen LogP contribution in [0.3, 0.4) is 0 Å². The van der Waals surface area contributed by atoms with Crippen LogP contribution in [0.2, 0.25) is 0 Å². The molecule has 0 fully saturated rings. The van der Waals surface area contributed by atoms with Gasteiger partial charge in [-0.2, -0.15) is 0 Å². The van der Waals surface area contributed by atoms with Crippen LogP contribution in [-0.2, 0) is 0 Å². The lowest BCUT2D eigenvalue weighted by molar-refractivity contribution is 0.0955. The Morgan fingerprint density at radius 2 is 2.00 bits per heavy atom. The number of aryl methyl sites for hydroxylation is 1. The quantitative estimate of drug-likeness (QED) is 0.854. The summed E-state index contributed by atoms with van der Waals surface area (Å²) in [5, 5.41) is 0. The lowest BCUT2D eigenvalue weighted by Gasteiger charge is -2.29. The number of amides is 1. The van der Waals surface area contributed by atoms with Gasteiger partial charge in [-0.15, -0.1) is 0 Å². The van der Waals surface area contributed by atoms with Crippen LogP contribution in [-0.4, -0.2) is 25.3 Å². The molecule has 1 heterocycles. The Morgan fingerprint density at radius 1 is 1.18 bits per heavy atom. The van der Waals surface area contributed by atoms with Gasteiger partial charge in [-0.25, -0.2) is 0 Å². The highest BCUT2D eigenvalue weighted by Gasteiger charge is 2.28. The summed E-state index contributed by atoms with van der Waals surface area (Å²) in [4.78, 5) is 26.5. The number of ether oxygens (including phenoxy) is 1. The number of hydrogen-bond acceptors (Lipinski definition) is 3. The number of benzene rings is 2. The monoisotopic (exact) mass is 295 g/mol. The second-order valence-electron chi connectivity index (χ2n) is 5.38. The molecule has 22 heavy (non-hydrogen) atoms. The number of Topliss-reactive ketones (excluding diaryl/α,β-unsaturated/α-hetero) is 1. The Bertz CT molecular complexity index is 752. The third-order valence-corrected chi connectivity index (χ3v) is 3.87. The molecule has 0 spiro atoms. The first-order chi connectivity index (χ1) is 10.6. The van der Waals surface area contributed by atoms with Crippen molar-refractivity contribution in [2.45, 2.75) is 13.3 Å². The molecule has 1 amide bonds. The van der Waals surface area contributed by atoms with E-state index in [0.717, 1.165) is 5.56 Å². The minimum atomic E-state index is -0.114. The van der Waals surface area contributed by atoms with Crippen molar-refractivity contribution in [3.63, 3.8) is 0 Å². The summed E-state index contributed by atoms with van der Waals surface area (Å²) in [7, 11) is 1.57. The number of carbonyl (C=O) groups excluding carboxylic acids is 2. The second kappa shape index (κ2) is 5.64. The fourth-order valence-corrected chi connectivity index (χ4v) is 2.70. The van der Waals surface area contributed by atoms with Crippen LogP contribution in [0, 0.1) is 6.92 Å². The third-order valence-electron chi connectivity index (χ3n) is 3.87. The second-order valence-corrected chi connectivity index (χ2v) is 5.38. The van der Waals surface area contributed by atoms with E-state index in [0.29, 0.717) is 35.5 Å². The molecule has 3 rings (SSSR count). The molecule has 0 bridgehead atoms. The van der Waals surface area contributed by atoms with Crippen LogP contribution >= 0.6 is 0 Å². The summed E-state index contributed by atoms with van der Waals surface area (Å²) in [5.74, 6) is 0.618. The number of carbonyl (C=O) groups is 2. The summed E-state index contributed by atoms with van der Waals surface area (Å²) in [6.45, 7) is 2.35. The summed E-state index contributed by atoms with van der Waals surface area (Å²) in [5.41, 5.74) is 2.89. The maximum atomic E-state index is 12.8. The predicted octanol–water partition coefficient (Wildman–Crippen LogP) is 3.24. The molecular formula is C18H17NO3. The van der Waals surface area contributed by atoms with Gasteiger partial charge in [-0.05, 0) is 37.3 Å². The number of fused-ring (bicyclic) bond motifs is 1. The molecule has 0 saturated heterocycles. The molecule has 4 heteroatoms. The van der Waals surface area contributed by atoms with E-state index >= 15 is 0 Å². The average Bonchev–Trinajstić information content (AvgIpc) is 2.55. The smallest absolute Gasteiger partial charge is 0.258 e. The number of rotatable bonds is 2. The largest absolute Gasteiger partial charge is 0.497 e. The minimum Gasteiger partial charge on any atom is -0.497 e. The van der Waals surface area contributed by atoms with Crippen molar-refractivity contribution in [3.05, 3.63) is 59.2 Å². The van der Waals surface area contributed by atoms with Crippen molar-refractivity contribution in [1.29, 1.82) is 0 Å². The Balaban J connectivity index is 2.00. The van der Waals surface area contributed by atoms with Gasteiger partial charge >= 0.3 is 0 Å². The Kier molecular flexibility index (Phi) is 3.67. The van der Waals surface area contributed by atoms with Crippen molar-refractivity contribution >= 4 is 17.4 Å². The van der Waals surface area contributed by atoms with E-state index in [1.165, 1.54) is 0 Å². The van der Waals surface area contributed by atoms with E-state index in [1.807, 2.05) is 25.1 Å². The molecule has 2 aromatic carbocycles. The molecule has 0 N–H and O–H groups in total. The summed E-state index contributed by atoms with van der Waals surface area (Å²) in [6.07, 6.45) is 0.353. The number of ketones is 1. The van der Waals surface area contributed by atoms with Gasteiger partial charge in [-0.1, -0.05) is 17.7 Å². The molecule has 2 aromatic rings. The highest BCUT2D eigenvalue weighted by atomic mass is 16.5. The Morgan fingerprint density at radius 3 is 2.77 bits per heavy atom. The lowest BCUT2D eigenvalue weighted by atomic mass is 9.97. The van der Waals surface area contributed by atoms with E-state index in [1.54, 1.807) is 36.3 Å². The van der Waals surface area contributed by atoms with Crippen LogP contribution in [0.25, 0.3) is 0 Å². The topological polar surface area (TPSA) is 46.6 Å². The van der Waals surface area contributed by atoms with Crippen LogP contribution < -0.4 is 9.64 Å². The molecule has 0 saturated carbocycles. The molecule has 4 nitrogen and oxygen atoms in total. The zero-order valence-electron chi connectivity index (χ0n) is 12.6. The van der Waals surface area contributed by atoms with E-state index in [4.69, 9.17) is 4.74 Å². The fraction of sp³-hybridized carbons (Fsp3) is 0.222. The summed E-state index contributed by atoms with van der Waals surface area (Å²) in [6, 6.07) is 12.7. The minimum absolute atomic E-state index is 0.0911. The summed E-state index contributed by atoms with van der Waals surface area (Å²) < 4.78 is 5.17. The Labute approximate surface area is 129 Å². The Hall–Kier alpha value is -2.62. The number of nitrogens with zero attached hydrogens (tertiary/aromatic N) is 1. The zero-order valence-corrected chi connectivity index (χ0v) is 12.6. The molecule has 0 unspecified atom stereocenters. The van der Waals surface area contributed by atoms with Gasteiger partial charge < -0.3 is 9.64 Å². The first kappa shape index (κ1) is 14.3. The number of methoxy groups -OCH3 is 1. The summed E-state index contributed by atoms with van der Waals surface area (Å²) >= 11 is 0. The van der Waals surface area contributed by atoms with Crippen molar-refractivity contribution < 1.29 is 14.3 Å². The third kappa shape index (κ3) is 2.48. The van der Waals surface area contributed by atoms with Crippen molar-refractivity contribution in [3.8, 4) is 5.75 Å². The highest BCUT2D eigenvalue weighted by molar-refractivity contribution is 6.13. The van der Waals surface area contributed by atoms with Gasteiger partial charge in [0, 0.05) is 24.1 Å². The van der Waals surface area contributed by atoms with Crippen molar-refractivity contribution in [2.75, 3.05) is 18.6 Å². The van der Waals surface area contributed by atoms with Crippen molar-refractivity contribution in [1.82, 2.24) is 0 Å². The van der Waals surface area contributed by atoms with Crippen LogP contribution in [0.1, 0.15) is 32.7 Å². The number of anilines is 1. The van der Waals surface area contributed by atoms with Gasteiger partial charge in [0.25, 0.3) is 5.91 Å². The SMILES string of the molecule is COc1cccc(C(=O)N2CCC(=O)c3cc(C)ccc32)c1.